The maximum Gasteiger partial charge on any atom is 0.310 e. The van der Waals surface area contributed by atoms with Gasteiger partial charge >= 0.3 is 5.97 Å². The van der Waals surface area contributed by atoms with Crippen molar-refractivity contribution in [3.8, 4) is 11.5 Å². The normalized spacial score (nSPS) is 10.4. The zero-order valence-electron chi connectivity index (χ0n) is 15.6. The van der Waals surface area contributed by atoms with E-state index in [0.29, 0.717) is 22.6 Å². The highest BCUT2D eigenvalue weighted by atomic mass is 79.9. The van der Waals surface area contributed by atoms with E-state index in [-0.39, 0.29) is 19.0 Å². The average Bonchev–Trinajstić information content (AvgIpc) is 2.74. The number of esters is 1. The van der Waals surface area contributed by atoms with Gasteiger partial charge < -0.3 is 14.2 Å². The van der Waals surface area contributed by atoms with Gasteiger partial charge in [0.1, 0.15) is 13.2 Å². The molecule has 0 atom stereocenters. The Morgan fingerprint density at radius 1 is 0.857 bits per heavy atom. The Morgan fingerprint density at radius 3 is 2.07 bits per heavy atom. The van der Waals surface area contributed by atoms with Crippen molar-refractivity contribution in [3.63, 3.8) is 0 Å². The van der Waals surface area contributed by atoms with Crippen LogP contribution in [0, 0.1) is 0 Å². The Bertz CT molecular complexity index is 911. The number of carbonyl (C=O) groups excluding carboxylic acids is 1. The van der Waals surface area contributed by atoms with Crippen LogP contribution in [0.2, 0.25) is 0 Å². The molecule has 0 aromatic heterocycles. The predicted octanol–water partition coefficient (Wildman–Crippen LogP) is 5.32. The van der Waals surface area contributed by atoms with E-state index in [1.165, 1.54) is 0 Å². The van der Waals surface area contributed by atoms with Crippen LogP contribution >= 0.6 is 15.9 Å². The molecule has 144 valence electrons. The van der Waals surface area contributed by atoms with Gasteiger partial charge in [0.15, 0.2) is 11.5 Å². The Balaban J connectivity index is 1.68. The summed E-state index contributed by atoms with van der Waals surface area (Å²) in [6, 6.07) is 23.1. The van der Waals surface area contributed by atoms with E-state index in [1.807, 2.05) is 66.7 Å². The first-order valence-electron chi connectivity index (χ1n) is 8.89. The molecular formula is C23H21BrO4. The summed E-state index contributed by atoms with van der Waals surface area (Å²) in [5.41, 5.74) is 2.78. The maximum atomic E-state index is 12.3. The standard InChI is InChI=1S/C23H21BrO4/c1-26-20-13-12-19(14-21(25)27-15-17-8-4-2-5-9-17)22(24)23(20)28-16-18-10-6-3-7-11-18/h2-13H,14-16H2,1H3. The zero-order valence-corrected chi connectivity index (χ0v) is 17.1. The summed E-state index contributed by atoms with van der Waals surface area (Å²) in [7, 11) is 1.59. The van der Waals surface area contributed by atoms with Crippen molar-refractivity contribution in [3.05, 3.63) is 94.0 Å². The lowest BCUT2D eigenvalue weighted by Gasteiger charge is -2.15. The quantitative estimate of drug-likeness (QED) is 0.444. The Morgan fingerprint density at radius 2 is 1.46 bits per heavy atom. The molecule has 0 radical (unpaired) electrons. The van der Waals surface area contributed by atoms with Crippen molar-refractivity contribution < 1.29 is 19.0 Å². The van der Waals surface area contributed by atoms with Crippen LogP contribution in [-0.4, -0.2) is 13.1 Å². The van der Waals surface area contributed by atoms with Gasteiger partial charge in [0.2, 0.25) is 0 Å². The minimum atomic E-state index is -0.302. The molecule has 0 aliphatic carbocycles. The number of hydrogen-bond acceptors (Lipinski definition) is 4. The van der Waals surface area contributed by atoms with Crippen LogP contribution in [0.1, 0.15) is 16.7 Å². The smallest absolute Gasteiger partial charge is 0.310 e. The Hall–Kier alpha value is -2.79. The average molecular weight is 441 g/mol. The summed E-state index contributed by atoms with van der Waals surface area (Å²) in [6.45, 7) is 0.655. The van der Waals surface area contributed by atoms with E-state index in [2.05, 4.69) is 15.9 Å². The summed E-state index contributed by atoms with van der Waals surface area (Å²) in [5.74, 6) is 0.868. The molecule has 5 heteroatoms. The minimum Gasteiger partial charge on any atom is -0.493 e. The lowest BCUT2D eigenvalue weighted by Crippen LogP contribution is -2.09. The predicted molar refractivity (Wildman–Crippen MR) is 111 cm³/mol. The molecule has 0 aliphatic heterocycles. The molecule has 4 nitrogen and oxygen atoms in total. The number of carbonyl (C=O) groups is 1. The molecule has 0 bridgehead atoms. The highest BCUT2D eigenvalue weighted by Crippen LogP contribution is 2.38. The highest BCUT2D eigenvalue weighted by molar-refractivity contribution is 9.10. The van der Waals surface area contributed by atoms with Crippen LogP contribution in [0.15, 0.2) is 77.3 Å². The third-order valence-corrected chi connectivity index (χ3v) is 5.03. The van der Waals surface area contributed by atoms with Gasteiger partial charge in [0.25, 0.3) is 0 Å². The van der Waals surface area contributed by atoms with Gasteiger partial charge in [-0.05, 0) is 38.7 Å². The molecule has 0 heterocycles. The fourth-order valence-electron chi connectivity index (χ4n) is 2.69. The number of ether oxygens (including phenoxy) is 3. The van der Waals surface area contributed by atoms with Crippen LogP contribution in [-0.2, 0) is 29.2 Å². The van der Waals surface area contributed by atoms with Crippen molar-refractivity contribution in [2.24, 2.45) is 0 Å². The topological polar surface area (TPSA) is 44.8 Å². The van der Waals surface area contributed by atoms with Crippen LogP contribution in [0.4, 0.5) is 0 Å². The summed E-state index contributed by atoms with van der Waals surface area (Å²) in [6.07, 6.45) is 0.138. The molecule has 0 saturated carbocycles. The van der Waals surface area contributed by atoms with Crippen molar-refractivity contribution in [2.75, 3.05) is 7.11 Å². The molecule has 3 rings (SSSR count). The van der Waals surface area contributed by atoms with E-state index in [4.69, 9.17) is 14.2 Å². The van der Waals surface area contributed by atoms with Gasteiger partial charge in [-0.3, -0.25) is 4.79 Å². The second kappa shape index (κ2) is 9.95. The van der Waals surface area contributed by atoms with Gasteiger partial charge in [0, 0.05) is 0 Å². The summed E-state index contributed by atoms with van der Waals surface area (Å²) >= 11 is 3.56. The van der Waals surface area contributed by atoms with Crippen LogP contribution in [0.3, 0.4) is 0 Å². The third-order valence-electron chi connectivity index (χ3n) is 4.16. The van der Waals surface area contributed by atoms with Crippen LogP contribution in [0.5, 0.6) is 11.5 Å². The second-order valence-electron chi connectivity index (χ2n) is 6.17. The molecule has 0 spiro atoms. The molecule has 3 aromatic rings. The van der Waals surface area contributed by atoms with Crippen LogP contribution < -0.4 is 9.47 Å². The fraction of sp³-hybridized carbons (Fsp3) is 0.174. The Labute approximate surface area is 173 Å². The van der Waals surface area contributed by atoms with Crippen molar-refractivity contribution in [2.45, 2.75) is 19.6 Å². The van der Waals surface area contributed by atoms with Gasteiger partial charge in [-0.15, -0.1) is 0 Å². The lowest BCUT2D eigenvalue weighted by atomic mass is 10.1. The van der Waals surface area contributed by atoms with Gasteiger partial charge in [0.05, 0.1) is 18.0 Å². The molecule has 0 unspecified atom stereocenters. The van der Waals surface area contributed by atoms with Gasteiger partial charge in [-0.1, -0.05) is 66.7 Å². The first-order chi connectivity index (χ1) is 13.7. The van der Waals surface area contributed by atoms with E-state index >= 15 is 0 Å². The molecule has 0 aliphatic rings. The number of halogens is 1. The molecule has 0 N–H and O–H groups in total. The molecule has 3 aromatic carbocycles. The first-order valence-corrected chi connectivity index (χ1v) is 9.68. The number of methoxy groups -OCH3 is 1. The molecule has 0 amide bonds. The van der Waals surface area contributed by atoms with E-state index in [9.17, 15) is 4.79 Å². The van der Waals surface area contributed by atoms with Gasteiger partial charge in [-0.25, -0.2) is 0 Å². The fourth-order valence-corrected chi connectivity index (χ4v) is 3.27. The van der Waals surface area contributed by atoms with Crippen molar-refractivity contribution >= 4 is 21.9 Å². The van der Waals surface area contributed by atoms with E-state index < -0.39 is 0 Å². The van der Waals surface area contributed by atoms with Crippen molar-refractivity contribution in [1.82, 2.24) is 0 Å². The summed E-state index contributed by atoms with van der Waals surface area (Å²) in [4.78, 5) is 12.3. The molecule has 28 heavy (non-hydrogen) atoms. The largest absolute Gasteiger partial charge is 0.493 e. The van der Waals surface area contributed by atoms with Crippen molar-refractivity contribution in [1.29, 1.82) is 0 Å². The molecule has 0 fully saturated rings. The van der Waals surface area contributed by atoms with Gasteiger partial charge in [-0.2, -0.15) is 0 Å². The first kappa shape index (κ1) is 20.0. The second-order valence-corrected chi connectivity index (χ2v) is 6.96. The number of benzene rings is 3. The lowest BCUT2D eigenvalue weighted by molar-refractivity contribution is -0.144. The SMILES string of the molecule is COc1ccc(CC(=O)OCc2ccccc2)c(Br)c1OCc1ccccc1. The highest BCUT2D eigenvalue weighted by Gasteiger charge is 2.17. The van der Waals surface area contributed by atoms with Crippen LogP contribution in [0.25, 0.3) is 0 Å². The van der Waals surface area contributed by atoms with E-state index in [0.717, 1.165) is 16.7 Å². The zero-order chi connectivity index (χ0) is 19.8. The van der Waals surface area contributed by atoms with E-state index in [1.54, 1.807) is 13.2 Å². The maximum absolute atomic E-state index is 12.3. The Kier molecular flexibility index (Phi) is 7.09. The third kappa shape index (κ3) is 5.36. The molecule has 0 saturated heterocycles. The minimum absolute atomic E-state index is 0.138. The number of rotatable bonds is 8. The summed E-state index contributed by atoms with van der Waals surface area (Å²) in [5, 5.41) is 0. The monoisotopic (exact) mass is 440 g/mol. The summed E-state index contributed by atoms with van der Waals surface area (Å²) < 4.78 is 17.5. The number of hydrogen-bond donors (Lipinski definition) is 0. The molecular weight excluding hydrogens is 420 g/mol.